The first-order valence-electron chi connectivity index (χ1n) is 19.6. The van der Waals surface area contributed by atoms with Gasteiger partial charge in [0.1, 0.15) is 24.1 Å². The van der Waals surface area contributed by atoms with Crippen LogP contribution in [0.25, 0.3) is 11.1 Å². The van der Waals surface area contributed by atoms with E-state index < -0.39 is 30.1 Å². The highest BCUT2D eigenvalue weighted by atomic mass is 35.5. The maximum absolute atomic E-state index is 14.2. The molecule has 2 aliphatic rings. The topological polar surface area (TPSA) is 154 Å². The number of amides is 2. The molecule has 3 N–H and O–H groups in total. The van der Waals surface area contributed by atoms with Crippen molar-refractivity contribution in [2.45, 2.75) is 57.6 Å². The summed E-state index contributed by atoms with van der Waals surface area (Å²) in [5.74, 6) is -0.824. The molecule has 6 aromatic rings. The Morgan fingerprint density at radius 1 is 0.934 bits per heavy atom. The molecule has 2 amide bonds. The Kier molecular flexibility index (Phi) is 12.0. The lowest BCUT2D eigenvalue weighted by atomic mass is 9.91. The molecule has 306 valence electrons. The molecule has 1 aromatic heterocycles. The zero-order valence-corrected chi connectivity index (χ0v) is 34.4. The van der Waals surface area contributed by atoms with Gasteiger partial charge in [0, 0.05) is 30.8 Å². The Morgan fingerprint density at radius 3 is 2.34 bits per heavy atom. The number of benzene rings is 5. The van der Waals surface area contributed by atoms with Gasteiger partial charge in [-0.2, -0.15) is 5.26 Å². The quantitative estimate of drug-likeness (QED) is 0.110. The third-order valence-electron chi connectivity index (χ3n) is 10.8. The molecule has 61 heavy (non-hydrogen) atoms. The van der Waals surface area contributed by atoms with Gasteiger partial charge in [-0.1, -0.05) is 83.9 Å². The van der Waals surface area contributed by atoms with E-state index in [9.17, 15) is 19.5 Å². The Hall–Kier alpha value is -6.71. The van der Waals surface area contributed by atoms with E-state index in [2.05, 4.69) is 21.7 Å². The second kappa shape index (κ2) is 17.9. The normalized spacial score (nSPS) is 16.2. The van der Waals surface area contributed by atoms with Gasteiger partial charge in [-0.25, -0.2) is 4.79 Å². The van der Waals surface area contributed by atoms with Gasteiger partial charge in [0.15, 0.2) is 0 Å². The van der Waals surface area contributed by atoms with Crippen LogP contribution in [0.3, 0.4) is 0 Å². The number of hydrogen-bond acceptors (Lipinski definition) is 8. The summed E-state index contributed by atoms with van der Waals surface area (Å²) in [5.41, 5.74) is 8.49. The minimum absolute atomic E-state index is 0.0734. The van der Waals surface area contributed by atoms with E-state index in [1.54, 1.807) is 48.5 Å². The average molecular weight is 853 g/mol. The van der Waals surface area contributed by atoms with Crippen molar-refractivity contribution in [3.05, 3.63) is 176 Å². The molecular weight excluding hydrogens is 813 g/mol. The van der Waals surface area contributed by atoms with Crippen molar-refractivity contribution in [3.8, 4) is 28.7 Å². The van der Waals surface area contributed by atoms with Crippen molar-refractivity contribution in [2.75, 3.05) is 5.32 Å². The number of carbonyl (C=O) groups is 3. The molecular formula is C48H39Cl2N5O6. The number of ether oxygens (including phenoxy) is 2. The first-order chi connectivity index (χ1) is 29.5. The fourth-order valence-corrected chi connectivity index (χ4v) is 7.91. The summed E-state index contributed by atoms with van der Waals surface area (Å²) in [4.78, 5) is 46.9. The van der Waals surface area contributed by atoms with Crippen LogP contribution < -0.4 is 20.1 Å². The van der Waals surface area contributed by atoms with Crippen molar-refractivity contribution >= 4 is 46.7 Å². The van der Waals surface area contributed by atoms with Gasteiger partial charge < -0.3 is 25.2 Å². The predicted octanol–water partition coefficient (Wildman–Crippen LogP) is 8.63. The maximum atomic E-state index is 14.2. The highest BCUT2D eigenvalue weighted by molar-refractivity contribution is 6.42. The van der Waals surface area contributed by atoms with Gasteiger partial charge in [-0.3, -0.25) is 19.5 Å². The van der Waals surface area contributed by atoms with Crippen LogP contribution in [-0.2, 0) is 46.9 Å². The lowest BCUT2D eigenvalue weighted by Crippen LogP contribution is -2.54. The van der Waals surface area contributed by atoms with E-state index in [1.807, 2.05) is 84.6 Å². The summed E-state index contributed by atoms with van der Waals surface area (Å²) >= 11 is 12.2. The van der Waals surface area contributed by atoms with Crippen LogP contribution in [0.15, 0.2) is 121 Å². The molecule has 11 nitrogen and oxygen atoms in total. The number of nitriles is 1. The summed E-state index contributed by atoms with van der Waals surface area (Å²) < 4.78 is 12.3. The number of nitrogens with one attached hydrogen (secondary N) is 2. The molecule has 5 aromatic carbocycles. The number of aliphatic carboxylic acids is 1. The number of rotatable bonds is 12. The Labute approximate surface area is 362 Å². The second-order valence-corrected chi connectivity index (χ2v) is 15.9. The summed E-state index contributed by atoms with van der Waals surface area (Å²) in [6, 6.07) is 36.8. The van der Waals surface area contributed by atoms with Crippen LogP contribution in [0.4, 0.5) is 5.69 Å². The Bertz CT molecular complexity index is 2670. The number of hydrogen-bond donors (Lipinski definition) is 3. The van der Waals surface area contributed by atoms with Gasteiger partial charge in [0.05, 0.1) is 39.1 Å². The number of pyridine rings is 1. The number of halogens is 2. The molecule has 1 unspecified atom stereocenters. The standard InChI is InChI=1S/C48H39Cl2N5O6/c1-28-3-2-4-37(52-28)26-55-25-36-23-44-41(53-47(57)45(61-44)34-14-16-38(17-15-34)60-27-31-9-18-39(49)40(50)19-31)21-35(36)22-43(55)46(56)54-42(48(58)59)20-29-5-10-32(11-6-29)33-12-7-30(24-51)8-13-33/h2-19,21,23,42-43,45H,20,22,25-27H2,1H3,(H,53,57)(H,54,56)(H,58,59)/t42?,43-,45-/m0/s1. The Morgan fingerprint density at radius 2 is 1.66 bits per heavy atom. The number of aryl methyl sites for hydroxylation is 1. The van der Waals surface area contributed by atoms with Crippen molar-refractivity contribution in [1.29, 1.82) is 5.26 Å². The maximum Gasteiger partial charge on any atom is 0.326 e. The molecule has 8 rings (SSSR count). The van der Waals surface area contributed by atoms with Gasteiger partial charge in [0.2, 0.25) is 12.0 Å². The fourth-order valence-electron chi connectivity index (χ4n) is 7.59. The number of aromatic nitrogens is 1. The van der Waals surface area contributed by atoms with Crippen molar-refractivity contribution in [3.63, 3.8) is 0 Å². The zero-order chi connectivity index (χ0) is 42.6. The van der Waals surface area contributed by atoms with Crippen LogP contribution >= 0.6 is 23.2 Å². The van der Waals surface area contributed by atoms with Gasteiger partial charge in [-0.15, -0.1) is 0 Å². The number of nitrogens with zero attached hydrogens (tertiary/aromatic N) is 3. The largest absolute Gasteiger partial charge is 0.489 e. The van der Waals surface area contributed by atoms with Gasteiger partial charge >= 0.3 is 5.97 Å². The second-order valence-electron chi connectivity index (χ2n) is 15.1. The molecule has 0 aliphatic carbocycles. The third kappa shape index (κ3) is 9.53. The fraction of sp³-hybridized carbons (Fsp3) is 0.188. The minimum atomic E-state index is -1.19. The number of carboxylic acids is 1. The monoisotopic (exact) mass is 851 g/mol. The van der Waals surface area contributed by atoms with Crippen LogP contribution in [0.2, 0.25) is 10.0 Å². The summed E-state index contributed by atoms with van der Waals surface area (Å²) in [6.45, 7) is 2.87. The van der Waals surface area contributed by atoms with Crippen molar-refractivity contribution < 1.29 is 29.0 Å². The molecule has 0 spiro atoms. The molecule has 0 bridgehead atoms. The van der Waals surface area contributed by atoms with Crippen LogP contribution in [0.5, 0.6) is 11.5 Å². The lowest BCUT2D eigenvalue weighted by Gasteiger charge is -2.37. The summed E-state index contributed by atoms with van der Waals surface area (Å²) in [7, 11) is 0. The van der Waals surface area contributed by atoms with Gasteiger partial charge in [-0.05, 0) is 107 Å². The molecule has 2 aliphatic heterocycles. The predicted molar refractivity (Wildman–Crippen MR) is 231 cm³/mol. The molecule has 0 saturated carbocycles. The minimum Gasteiger partial charge on any atom is -0.489 e. The highest BCUT2D eigenvalue weighted by Crippen LogP contribution is 2.40. The molecule has 3 heterocycles. The van der Waals surface area contributed by atoms with Crippen LogP contribution in [0.1, 0.15) is 50.9 Å². The smallest absolute Gasteiger partial charge is 0.326 e. The first-order valence-corrected chi connectivity index (χ1v) is 20.3. The van der Waals surface area contributed by atoms with Gasteiger partial charge in [0.25, 0.3) is 5.91 Å². The lowest BCUT2D eigenvalue weighted by molar-refractivity contribution is -0.142. The van der Waals surface area contributed by atoms with E-state index in [-0.39, 0.29) is 25.4 Å². The summed E-state index contributed by atoms with van der Waals surface area (Å²) in [6.07, 6.45) is -0.580. The van der Waals surface area contributed by atoms with E-state index in [0.717, 1.165) is 44.8 Å². The zero-order valence-electron chi connectivity index (χ0n) is 32.9. The van der Waals surface area contributed by atoms with Crippen molar-refractivity contribution in [2.24, 2.45) is 0 Å². The average Bonchev–Trinajstić information content (AvgIpc) is 3.26. The number of fused-ring (bicyclic) bond motifs is 2. The molecule has 3 atom stereocenters. The summed E-state index contributed by atoms with van der Waals surface area (Å²) in [5, 5.41) is 26.1. The number of carboxylic acid groups (broad SMARTS) is 1. The van der Waals surface area contributed by atoms with E-state index in [4.69, 9.17) is 37.9 Å². The SMILES string of the molecule is Cc1cccc(CN2Cc3cc4c(cc3C[C@H]2C(=O)NC(Cc2ccc(-c3ccc(C#N)cc3)cc2)C(=O)O)NC(=O)[C@H](c2ccc(OCc3ccc(Cl)c(Cl)c3)cc2)O4)n1. The van der Waals surface area contributed by atoms with E-state index in [0.29, 0.717) is 51.4 Å². The Balaban J connectivity index is 0.982. The highest BCUT2D eigenvalue weighted by Gasteiger charge is 2.37. The number of anilines is 1. The molecule has 0 saturated heterocycles. The number of carbonyl (C=O) groups excluding carboxylic acids is 2. The van der Waals surface area contributed by atoms with Crippen LogP contribution in [-0.4, -0.2) is 44.9 Å². The van der Waals surface area contributed by atoms with Crippen molar-refractivity contribution in [1.82, 2.24) is 15.2 Å². The molecule has 0 radical (unpaired) electrons. The van der Waals surface area contributed by atoms with E-state index in [1.165, 1.54) is 0 Å². The molecule has 0 fully saturated rings. The third-order valence-corrected chi connectivity index (χ3v) is 11.6. The van der Waals surface area contributed by atoms with Crippen LogP contribution in [0, 0.1) is 18.3 Å². The van der Waals surface area contributed by atoms with E-state index >= 15 is 0 Å². The first kappa shape index (κ1) is 41.0. The molecule has 13 heteroatoms.